The van der Waals surface area contributed by atoms with Crippen LogP contribution in [0, 0.1) is 0 Å². The molecule has 1 aliphatic heterocycles. The molecule has 1 aromatic heterocycles. The highest BCUT2D eigenvalue weighted by Crippen LogP contribution is 2.29. The summed E-state index contributed by atoms with van der Waals surface area (Å²) < 4.78 is 10.9. The number of hydrogen-bond acceptors (Lipinski definition) is 6. The van der Waals surface area contributed by atoms with Crippen molar-refractivity contribution >= 4 is 53.1 Å². The van der Waals surface area contributed by atoms with Crippen molar-refractivity contribution in [1.29, 1.82) is 0 Å². The predicted octanol–water partition coefficient (Wildman–Crippen LogP) is 2.13. The molecule has 0 amide bonds. The fourth-order valence-corrected chi connectivity index (χ4v) is 3.39. The van der Waals surface area contributed by atoms with Crippen LogP contribution in [-0.4, -0.2) is 51.2 Å². The highest BCUT2D eigenvalue weighted by Gasteiger charge is 2.13. The second-order valence-corrected chi connectivity index (χ2v) is 6.81. The van der Waals surface area contributed by atoms with E-state index in [9.17, 15) is 0 Å². The number of methoxy groups -OCH3 is 1. The molecule has 1 saturated heterocycles. The minimum Gasteiger partial charge on any atom is -0.494 e. The molecule has 8 heteroatoms. The maximum atomic E-state index is 6.39. The van der Waals surface area contributed by atoms with E-state index in [1.165, 1.54) is 5.69 Å². The molecule has 1 N–H and O–H groups in total. The molecule has 0 spiro atoms. The van der Waals surface area contributed by atoms with E-state index >= 15 is 0 Å². The van der Waals surface area contributed by atoms with Crippen molar-refractivity contribution < 1.29 is 9.47 Å². The van der Waals surface area contributed by atoms with Crippen LogP contribution in [0.15, 0.2) is 36.5 Å². The van der Waals surface area contributed by atoms with Gasteiger partial charge in [-0.1, -0.05) is 17.1 Å². The number of halogens is 1. The van der Waals surface area contributed by atoms with E-state index in [1.54, 1.807) is 13.3 Å². The monoisotopic (exact) mass is 382 g/mol. The van der Waals surface area contributed by atoms with E-state index in [2.05, 4.69) is 32.3 Å². The Kier molecular flexibility index (Phi) is 5.05. The third-order valence-corrected chi connectivity index (χ3v) is 5.17. The molecule has 6 nitrogen and oxygen atoms in total. The zero-order chi connectivity index (χ0) is 18.8. The largest absolute Gasteiger partial charge is 0.494 e. The number of nitrogens with one attached hydrogen (secondary N) is 1. The summed E-state index contributed by atoms with van der Waals surface area (Å²) in [7, 11) is 3.56. The minimum atomic E-state index is 0.500. The molecule has 0 radical (unpaired) electrons. The second kappa shape index (κ2) is 7.62. The van der Waals surface area contributed by atoms with E-state index in [1.807, 2.05) is 26.0 Å². The van der Waals surface area contributed by atoms with Gasteiger partial charge in [-0.15, -0.1) is 0 Å². The number of hydrogen-bond donors (Lipinski definition) is 1. The molecule has 0 unspecified atom stereocenters. The standard InChI is InChI=1S/C19H20BClN4O2/c1-26-16-10-15(20)17(21)14-11-22-19(24-18(14)16)23-12-2-4-13(5-3-12)25-6-8-27-9-7-25/h2-5,10-11H,6-9,20H2,1H3,(H,22,23,24). The Balaban J connectivity index is 1.59. The van der Waals surface area contributed by atoms with Crippen LogP contribution in [0.4, 0.5) is 17.3 Å². The van der Waals surface area contributed by atoms with Gasteiger partial charge in [0.1, 0.15) is 19.1 Å². The number of morpholine rings is 1. The topological polar surface area (TPSA) is 59.5 Å². The molecule has 4 rings (SSSR count). The molecule has 0 atom stereocenters. The van der Waals surface area contributed by atoms with E-state index in [0.717, 1.165) is 42.8 Å². The zero-order valence-electron chi connectivity index (χ0n) is 15.3. The molecule has 0 aliphatic carbocycles. The Labute approximate surface area is 163 Å². The normalized spacial score (nSPS) is 14.4. The minimum absolute atomic E-state index is 0.500. The summed E-state index contributed by atoms with van der Waals surface area (Å²) in [5.74, 6) is 1.18. The van der Waals surface area contributed by atoms with Gasteiger partial charge in [0, 0.05) is 41.1 Å². The molecule has 1 fully saturated rings. The number of ether oxygens (including phenoxy) is 2. The molecular formula is C19H20BClN4O2. The summed E-state index contributed by atoms with van der Waals surface area (Å²) in [4.78, 5) is 11.3. The van der Waals surface area contributed by atoms with Gasteiger partial charge in [-0.05, 0) is 30.3 Å². The maximum Gasteiger partial charge on any atom is 0.227 e. The first-order chi connectivity index (χ1) is 13.2. The Bertz CT molecular complexity index is 962. The molecular weight excluding hydrogens is 363 g/mol. The number of fused-ring (bicyclic) bond motifs is 1. The number of anilines is 3. The predicted molar refractivity (Wildman–Crippen MR) is 112 cm³/mol. The lowest BCUT2D eigenvalue weighted by Gasteiger charge is -2.28. The van der Waals surface area contributed by atoms with Crippen molar-refractivity contribution in [1.82, 2.24) is 9.97 Å². The van der Waals surface area contributed by atoms with Crippen molar-refractivity contribution in [3.63, 3.8) is 0 Å². The lowest BCUT2D eigenvalue weighted by Crippen LogP contribution is -2.36. The van der Waals surface area contributed by atoms with Gasteiger partial charge < -0.3 is 19.7 Å². The Morgan fingerprint density at radius 2 is 1.96 bits per heavy atom. The van der Waals surface area contributed by atoms with Crippen LogP contribution in [-0.2, 0) is 4.74 Å². The smallest absolute Gasteiger partial charge is 0.227 e. The van der Waals surface area contributed by atoms with Crippen molar-refractivity contribution in [2.45, 2.75) is 0 Å². The molecule has 0 bridgehead atoms. The van der Waals surface area contributed by atoms with Crippen LogP contribution in [0.2, 0.25) is 5.02 Å². The first kappa shape index (κ1) is 17.9. The fraction of sp³-hybridized carbons (Fsp3) is 0.263. The van der Waals surface area contributed by atoms with Crippen LogP contribution in [0.1, 0.15) is 0 Å². The van der Waals surface area contributed by atoms with Gasteiger partial charge in [0.15, 0.2) is 0 Å². The van der Waals surface area contributed by atoms with Crippen molar-refractivity contribution in [3.8, 4) is 5.75 Å². The Morgan fingerprint density at radius 1 is 1.22 bits per heavy atom. The fourth-order valence-electron chi connectivity index (χ4n) is 3.19. The van der Waals surface area contributed by atoms with Gasteiger partial charge >= 0.3 is 0 Å². The first-order valence-corrected chi connectivity index (χ1v) is 9.23. The van der Waals surface area contributed by atoms with Crippen LogP contribution < -0.4 is 20.4 Å². The molecule has 2 heterocycles. The van der Waals surface area contributed by atoms with Crippen LogP contribution in [0.5, 0.6) is 5.75 Å². The first-order valence-electron chi connectivity index (χ1n) is 8.85. The highest BCUT2D eigenvalue weighted by atomic mass is 35.5. The van der Waals surface area contributed by atoms with Gasteiger partial charge in [0.25, 0.3) is 0 Å². The molecule has 3 aromatic rings. The van der Waals surface area contributed by atoms with Crippen molar-refractivity contribution in [2.75, 3.05) is 43.6 Å². The van der Waals surface area contributed by atoms with Gasteiger partial charge in [-0.2, -0.15) is 0 Å². The molecule has 1 aliphatic rings. The maximum absolute atomic E-state index is 6.39. The summed E-state index contributed by atoms with van der Waals surface area (Å²) in [6, 6.07) is 10.1. The number of nitrogens with zero attached hydrogens (tertiary/aromatic N) is 3. The highest BCUT2D eigenvalue weighted by molar-refractivity contribution is 6.48. The van der Waals surface area contributed by atoms with E-state index in [0.29, 0.717) is 22.2 Å². The summed E-state index contributed by atoms with van der Waals surface area (Å²) in [5, 5.41) is 4.67. The van der Waals surface area contributed by atoms with E-state index in [4.69, 9.17) is 21.1 Å². The zero-order valence-corrected chi connectivity index (χ0v) is 16.1. The lowest BCUT2D eigenvalue weighted by molar-refractivity contribution is 0.122. The Hall–Kier alpha value is -2.51. The summed E-state index contributed by atoms with van der Waals surface area (Å²) >= 11 is 6.39. The van der Waals surface area contributed by atoms with E-state index in [-0.39, 0.29) is 0 Å². The van der Waals surface area contributed by atoms with Crippen LogP contribution in [0.25, 0.3) is 10.9 Å². The summed E-state index contributed by atoms with van der Waals surface area (Å²) in [6.45, 7) is 3.38. The van der Waals surface area contributed by atoms with Gasteiger partial charge in [-0.25, -0.2) is 9.97 Å². The van der Waals surface area contributed by atoms with Crippen LogP contribution in [0.3, 0.4) is 0 Å². The summed E-state index contributed by atoms with van der Waals surface area (Å²) in [6.07, 6.45) is 1.73. The van der Waals surface area contributed by atoms with Crippen molar-refractivity contribution in [3.05, 3.63) is 41.6 Å². The number of aromatic nitrogens is 2. The van der Waals surface area contributed by atoms with Gasteiger partial charge in [-0.3, -0.25) is 0 Å². The van der Waals surface area contributed by atoms with Gasteiger partial charge in [0.05, 0.1) is 20.3 Å². The average molecular weight is 383 g/mol. The third-order valence-electron chi connectivity index (χ3n) is 4.67. The quantitative estimate of drug-likeness (QED) is 0.698. The summed E-state index contributed by atoms with van der Waals surface area (Å²) in [5.41, 5.74) is 3.73. The molecule has 27 heavy (non-hydrogen) atoms. The molecule has 2 aromatic carbocycles. The third kappa shape index (κ3) is 3.66. The van der Waals surface area contributed by atoms with E-state index < -0.39 is 0 Å². The number of benzene rings is 2. The van der Waals surface area contributed by atoms with Crippen molar-refractivity contribution in [2.24, 2.45) is 0 Å². The molecule has 0 saturated carbocycles. The average Bonchev–Trinajstić information content (AvgIpc) is 2.72. The SMILES string of the molecule is Bc1cc(OC)c2nc(Nc3ccc(N4CCOCC4)cc3)ncc2c1Cl. The lowest BCUT2D eigenvalue weighted by atomic mass is 9.94. The molecule has 138 valence electrons. The number of rotatable bonds is 4. The Morgan fingerprint density at radius 3 is 2.67 bits per heavy atom. The van der Waals surface area contributed by atoms with Gasteiger partial charge in [0.2, 0.25) is 5.95 Å². The van der Waals surface area contributed by atoms with Crippen LogP contribution >= 0.6 is 11.6 Å². The second-order valence-electron chi connectivity index (χ2n) is 6.44.